The Labute approximate surface area is 269 Å². The lowest BCUT2D eigenvalue weighted by Gasteiger charge is -2.59. The van der Waals surface area contributed by atoms with Crippen molar-refractivity contribution >= 4 is 16.6 Å². The molecule has 0 amide bonds. The Morgan fingerprint density at radius 2 is 1.53 bits per heavy atom. The normalized spacial score (nSPS) is 37.0. The van der Waals surface area contributed by atoms with E-state index in [0.717, 1.165) is 50.0 Å². The number of aliphatic hydroxyl groups is 1. The number of fused-ring (bicyclic) bond motifs is 5. The first-order chi connectivity index (χ1) is 19.6. The van der Waals surface area contributed by atoms with Crippen LogP contribution in [0.5, 0.6) is 0 Å². The van der Waals surface area contributed by atoms with Gasteiger partial charge in [0.05, 0.1) is 5.60 Å². The van der Waals surface area contributed by atoms with Gasteiger partial charge in [0.1, 0.15) is 0 Å². The molecule has 0 heterocycles. The van der Waals surface area contributed by atoms with E-state index in [9.17, 15) is 5.11 Å². The maximum absolute atomic E-state index is 11.9. The van der Waals surface area contributed by atoms with Gasteiger partial charge in [-0.25, -0.2) is 0 Å². The molecule has 3 nitrogen and oxygen atoms in total. The third-order valence-electron chi connectivity index (χ3n) is 14.3. The number of hydrogen-bond acceptors (Lipinski definition) is 3. The predicted octanol–water partition coefficient (Wildman–Crippen LogP) is 11.1. The molecular weight excluding hydrogens is 561 g/mol. The van der Waals surface area contributed by atoms with Crippen LogP contribution in [0.2, 0.25) is 36.3 Å². The first-order valence-electron chi connectivity index (χ1n) is 18.0. The summed E-state index contributed by atoms with van der Waals surface area (Å²) in [5.41, 5.74) is 1.54. The van der Waals surface area contributed by atoms with E-state index in [1.54, 1.807) is 5.57 Å². The van der Waals surface area contributed by atoms with E-state index < -0.39 is 22.2 Å². The minimum absolute atomic E-state index is 0.227. The second-order valence-electron chi connectivity index (χ2n) is 19.1. The van der Waals surface area contributed by atoms with Gasteiger partial charge >= 0.3 is 0 Å². The van der Waals surface area contributed by atoms with Crippen molar-refractivity contribution in [3.05, 3.63) is 23.8 Å². The molecule has 8 atom stereocenters. The summed E-state index contributed by atoms with van der Waals surface area (Å²) in [6.45, 7) is 31.6. The average Bonchev–Trinajstić information content (AvgIpc) is 3.23. The summed E-state index contributed by atoms with van der Waals surface area (Å²) in [6, 6.07) is 0. The molecule has 3 saturated carbocycles. The van der Waals surface area contributed by atoms with Crippen LogP contribution in [0.25, 0.3) is 0 Å². The van der Waals surface area contributed by atoms with E-state index in [-0.39, 0.29) is 15.5 Å². The number of hydrogen-bond donors (Lipinski definition) is 1. The van der Waals surface area contributed by atoms with Gasteiger partial charge in [-0.05, 0) is 142 Å². The van der Waals surface area contributed by atoms with Crippen molar-refractivity contribution in [2.24, 2.45) is 34.5 Å². The zero-order chi connectivity index (χ0) is 32.3. The van der Waals surface area contributed by atoms with E-state index in [0.29, 0.717) is 17.4 Å². The first kappa shape index (κ1) is 35.6. The molecule has 4 aliphatic rings. The molecule has 0 bridgehead atoms. The Kier molecular flexibility index (Phi) is 10.0. The predicted molar refractivity (Wildman–Crippen MR) is 189 cm³/mol. The fraction of sp³-hybridized carbons (Fsp3) is 0.895. The third-order valence-corrected chi connectivity index (χ3v) is 23.3. The Morgan fingerprint density at radius 1 is 0.884 bits per heavy atom. The molecule has 0 aromatic heterocycles. The van der Waals surface area contributed by atoms with Gasteiger partial charge < -0.3 is 14.0 Å². The molecule has 0 spiro atoms. The lowest BCUT2D eigenvalue weighted by atomic mass is 9.47. The van der Waals surface area contributed by atoms with Gasteiger partial charge in [0.15, 0.2) is 16.6 Å². The van der Waals surface area contributed by atoms with E-state index >= 15 is 0 Å². The fourth-order valence-corrected chi connectivity index (χ4v) is 11.9. The van der Waals surface area contributed by atoms with Crippen LogP contribution in [0.4, 0.5) is 0 Å². The molecule has 4 aliphatic carbocycles. The molecule has 0 radical (unpaired) electrons. The van der Waals surface area contributed by atoms with Crippen molar-refractivity contribution in [1.29, 1.82) is 0 Å². The van der Waals surface area contributed by atoms with Gasteiger partial charge in [0.25, 0.3) is 0 Å². The lowest BCUT2D eigenvalue weighted by Crippen LogP contribution is -2.53. The highest BCUT2D eigenvalue weighted by molar-refractivity contribution is 6.74. The summed E-state index contributed by atoms with van der Waals surface area (Å²) < 4.78 is 13.3. The van der Waals surface area contributed by atoms with Crippen LogP contribution in [0.1, 0.15) is 127 Å². The van der Waals surface area contributed by atoms with Crippen molar-refractivity contribution in [1.82, 2.24) is 0 Å². The van der Waals surface area contributed by atoms with E-state index in [2.05, 4.69) is 107 Å². The fourth-order valence-electron chi connectivity index (χ4n) is 9.46. The maximum atomic E-state index is 11.9. The van der Waals surface area contributed by atoms with E-state index in [1.807, 2.05) is 0 Å². The Morgan fingerprint density at radius 3 is 2.16 bits per heavy atom. The van der Waals surface area contributed by atoms with Gasteiger partial charge in [-0.15, -0.1) is 0 Å². The van der Waals surface area contributed by atoms with Crippen molar-refractivity contribution in [2.45, 2.75) is 174 Å². The van der Waals surface area contributed by atoms with E-state index in [4.69, 9.17) is 8.85 Å². The molecule has 3 fully saturated rings. The van der Waals surface area contributed by atoms with Crippen LogP contribution in [-0.4, -0.2) is 40.1 Å². The Balaban J connectivity index is 1.38. The topological polar surface area (TPSA) is 38.7 Å². The second-order valence-corrected chi connectivity index (χ2v) is 28.6. The molecule has 248 valence electrons. The molecule has 43 heavy (non-hydrogen) atoms. The van der Waals surface area contributed by atoms with Gasteiger partial charge in [0.2, 0.25) is 0 Å². The molecule has 4 rings (SSSR count). The summed E-state index contributed by atoms with van der Waals surface area (Å²) >= 11 is 0. The van der Waals surface area contributed by atoms with Crippen molar-refractivity contribution in [3.8, 4) is 0 Å². The van der Waals surface area contributed by atoms with Crippen molar-refractivity contribution in [2.75, 3.05) is 6.61 Å². The minimum Gasteiger partial charge on any atom is -0.417 e. The van der Waals surface area contributed by atoms with Crippen molar-refractivity contribution in [3.63, 3.8) is 0 Å². The second kappa shape index (κ2) is 12.1. The first-order valence-corrected chi connectivity index (χ1v) is 23.8. The lowest BCUT2D eigenvalue weighted by molar-refractivity contribution is -0.0850. The third kappa shape index (κ3) is 6.92. The smallest absolute Gasteiger partial charge is 0.192 e. The maximum Gasteiger partial charge on any atom is 0.192 e. The zero-order valence-corrected chi connectivity index (χ0v) is 32.7. The molecule has 0 aromatic rings. The van der Waals surface area contributed by atoms with Crippen LogP contribution >= 0.6 is 0 Å². The van der Waals surface area contributed by atoms with Crippen LogP contribution in [0.15, 0.2) is 23.8 Å². The summed E-state index contributed by atoms with van der Waals surface area (Å²) in [6.07, 6.45) is 19.4. The van der Waals surface area contributed by atoms with Crippen LogP contribution < -0.4 is 0 Å². The number of allylic oxidation sites excluding steroid dienone is 2. The Hall–Kier alpha value is -0.206. The molecule has 0 aliphatic heterocycles. The van der Waals surface area contributed by atoms with Crippen molar-refractivity contribution < 1.29 is 14.0 Å². The highest BCUT2D eigenvalue weighted by atomic mass is 28.4. The SMILES string of the molecule is CC(C)(C)[Si](C)(C)OCCC/C=C/[C@](C)(O)[C@H]1CC[C@H]2[C@@H]3CC=C4CC(O[Si](C)(C)C(C)(C)C)CC[C@]4(C)[C@H]3CC[C@@]21C. The molecule has 0 saturated heterocycles. The average molecular weight is 631 g/mol. The number of rotatable bonds is 9. The number of unbranched alkanes of at least 4 members (excludes halogenated alkanes) is 1. The molecule has 1 N–H and O–H groups in total. The Bertz CT molecular complexity index is 1040. The summed E-state index contributed by atoms with van der Waals surface area (Å²) in [5.74, 6) is 2.63. The van der Waals surface area contributed by atoms with Crippen LogP contribution in [0.3, 0.4) is 0 Å². The zero-order valence-electron chi connectivity index (χ0n) is 30.7. The highest BCUT2D eigenvalue weighted by Gasteiger charge is 2.61. The summed E-state index contributed by atoms with van der Waals surface area (Å²) in [4.78, 5) is 0. The van der Waals surface area contributed by atoms with Gasteiger partial charge in [-0.3, -0.25) is 0 Å². The molecular formula is C38H70O3Si2. The molecule has 1 unspecified atom stereocenters. The van der Waals surface area contributed by atoms with Crippen LogP contribution in [0, 0.1) is 34.5 Å². The summed E-state index contributed by atoms with van der Waals surface area (Å²) in [7, 11) is -3.44. The quantitative estimate of drug-likeness (QED) is 0.156. The van der Waals surface area contributed by atoms with E-state index in [1.165, 1.54) is 38.5 Å². The standard InChI is InChI=1S/C38H70O3Si2/c1-34(2,3)42(10,11)40-26-16-14-15-23-38(9,39)33-20-19-31-30-18-17-28-27-29(41-43(12,13)35(4,5)6)21-24-36(28,7)32(30)22-25-37(31,33)8/h15,17,23,29-33,39H,14,16,18-22,24-27H2,1-13H3/b23-15+/t29?,30-,31-,32-,33-,36-,37-,38-/m0/s1. The molecule has 0 aromatic carbocycles. The largest absolute Gasteiger partial charge is 0.417 e. The van der Waals surface area contributed by atoms with Gasteiger partial charge in [0, 0.05) is 12.7 Å². The van der Waals surface area contributed by atoms with Gasteiger partial charge in [-0.1, -0.05) is 79.2 Å². The minimum atomic E-state index is -1.75. The monoisotopic (exact) mass is 630 g/mol. The summed E-state index contributed by atoms with van der Waals surface area (Å²) in [5, 5.41) is 12.4. The highest BCUT2D eigenvalue weighted by Crippen LogP contribution is 2.67. The van der Waals surface area contributed by atoms with Gasteiger partial charge in [-0.2, -0.15) is 0 Å². The van der Waals surface area contributed by atoms with Crippen LogP contribution in [-0.2, 0) is 8.85 Å². The molecule has 5 heteroatoms.